The number of ether oxygens (including phenoxy) is 1. The summed E-state index contributed by atoms with van der Waals surface area (Å²) in [6, 6.07) is 16.5. The lowest BCUT2D eigenvalue weighted by atomic mass is 10.2. The Kier molecular flexibility index (Phi) is 6.53. The van der Waals surface area contributed by atoms with Crippen LogP contribution in [0.1, 0.15) is 5.56 Å². The van der Waals surface area contributed by atoms with Gasteiger partial charge in [0, 0.05) is 21.7 Å². The number of benzene rings is 2. The molecule has 0 atom stereocenters. The number of anilines is 1. The minimum atomic E-state index is -0.416. The van der Waals surface area contributed by atoms with E-state index in [1.807, 2.05) is 24.3 Å². The lowest BCUT2D eigenvalue weighted by molar-refractivity contribution is 0.151. The Bertz CT molecular complexity index is 880. The maximum Gasteiger partial charge on any atom is 0.406 e. The number of nitrogens with zero attached hydrogens (tertiary/aromatic N) is 1. The summed E-state index contributed by atoms with van der Waals surface area (Å²) in [7, 11) is 1.56. The molecule has 4 nitrogen and oxygen atoms in total. The number of carbonyl (C=O) groups excluding carboxylic acids is 1. The first kappa shape index (κ1) is 19.5. The molecule has 0 bridgehead atoms. The van der Waals surface area contributed by atoms with Crippen LogP contribution in [0.15, 0.2) is 80.9 Å². The average Bonchev–Trinajstić information content (AvgIpc) is 3.00. The molecule has 0 radical (unpaired) electrons. The molecular formula is C21H22N2O2S2. The summed E-state index contributed by atoms with van der Waals surface area (Å²) in [5, 5.41) is 3.55. The smallest absolute Gasteiger partial charge is 0.406 e. The fraction of sp³-hybridized carbons (Fsp3) is 0.190. The highest BCUT2D eigenvalue weighted by molar-refractivity contribution is 8.04. The zero-order valence-electron chi connectivity index (χ0n) is 15.4. The number of nitrogens with one attached hydrogen (secondary N) is 1. The van der Waals surface area contributed by atoms with Gasteiger partial charge in [-0.15, -0.1) is 0 Å². The van der Waals surface area contributed by atoms with Crippen LogP contribution in [0.3, 0.4) is 0 Å². The standard InChI is InChI=1S/C21H22N2O2S2/c1-15-8-4-6-10-18(15)26-16(2)14-20-23(12-13-25-21(24)22-3)17-9-5-7-11-19(17)27-20/h4-11,14H,2,12-13H2,1,3H3,(H,22,24)/b20-14-. The normalized spacial score (nSPS) is 14.1. The van der Waals surface area contributed by atoms with Crippen molar-refractivity contribution in [2.45, 2.75) is 16.7 Å². The van der Waals surface area contributed by atoms with Gasteiger partial charge in [-0.25, -0.2) is 4.79 Å². The molecule has 27 heavy (non-hydrogen) atoms. The second-order valence-electron chi connectivity index (χ2n) is 5.92. The summed E-state index contributed by atoms with van der Waals surface area (Å²) in [5.74, 6) is 0. The number of allylic oxidation sites excluding steroid dienone is 1. The third-order valence-corrected chi connectivity index (χ3v) is 6.18. The molecule has 140 valence electrons. The average molecular weight is 399 g/mol. The predicted molar refractivity (Wildman–Crippen MR) is 114 cm³/mol. The lowest BCUT2D eigenvalue weighted by Crippen LogP contribution is -2.27. The zero-order chi connectivity index (χ0) is 19.2. The van der Waals surface area contributed by atoms with E-state index < -0.39 is 6.09 Å². The fourth-order valence-electron chi connectivity index (χ4n) is 2.67. The SMILES string of the molecule is C=C(/C=C1\Sc2ccccc2N1CCOC(=O)NC)Sc1ccccc1C. The number of alkyl carbamates (subject to hydrolysis) is 1. The molecule has 2 aromatic carbocycles. The van der Waals surface area contributed by atoms with E-state index in [9.17, 15) is 4.79 Å². The number of hydrogen-bond acceptors (Lipinski definition) is 5. The van der Waals surface area contributed by atoms with Gasteiger partial charge in [0.15, 0.2) is 0 Å². The van der Waals surface area contributed by atoms with Crippen LogP contribution in [0.5, 0.6) is 0 Å². The Morgan fingerprint density at radius 2 is 2.00 bits per heavy atom. The largest absolute Gasteiger partial charge is 0.448 e. The third kappa shape index (κ3) is 4.90. The lowest BCUT2D eigenvalue weighted by Gasteiger charge is -2.20. The van der Waals surface area contributed by atoms with Crippen molar-refractivity contribution in [3.63, 3.8) is 0 Å². The first-order valence-electron chi connectivity index (χ1n) is 8.61. The fourth-order valence-corrected chi connectivity index (χ4v) is 4.73. The Morgan fingerprint density at radius 1 is 1.26 bits per heavy atom. The molecule has 0 aliphatic carbocycles. The molecule has 1 aliphatic rings. The Balaban J connectivity index is 1.75. The van der Waals surface area contributed by atoms with E-state index in [-0.39, 0.29) is 0 Å². The summed E-state index contributed by atoms with van der Waals surface area (Å²) in [6.07, 6.45) is 1.68. The van der Waals surface area contributed by atoms with Crippen LogP contribution in [0.25, 0.3) is 0 Å². The number of para-hydroxylation sites is 1. The molecule has 1 N–H and O–H groups in total. The molecule has 0 spiro atoms. The first-order chi connectivity index (χ1) is 13.1. The van der Waals surface area contributed by atoms with E-state index in [1.54, 1.807) is 30.6 Å². The topological polar surface area (TPSA) is 41.6 Å². The van der Waals surface area contributed by atoms with E-state index in [2.05, 4.69) is 54.1 Å². The predicted octanol–water partition coefficient (Wildman–Crippen LogP) is 5.41. The summed E-state index contributed by atoms with van der Waals surface area (Å²) in [6.45, 7) is 7.23. The number of hydrogen-bond donors (Lipinski definition) is 1. The highest BCUT2D eigenvalue weighted by atomic mass is 32.2. The van der Waals surface area contributed by atoms with Crippen molar-refractivity contribution in [2.24, 2.45) is 0 Å². The summed E-state index contributed by atoms with van der Waals surface area (Å²) < 4.78 is 5.18. The van der Waals surface area contributed by atoms with E-state index >= 15 is 0 Å². The van der Waals surface area contributed by atoms with Crippen LogP contribution in [-0.4, -0.2) is 26.3 Å². The maximum atomic E-state index is 11.3. The number of rotatable bonds is 6. The van der Waals surface area contributed by atoms with Gasteiger partial charge in [0.1, 0.15) is 6.61 Å². The molecular weight excluding hydrogens is 376 g/mol. The molecule has 1 aliphatic heterocycles. The molecule has 0 aromatic heterocycles. The van der Waals surface area contributed by atoms with Crippen LogP contribution in [-0.2, 0) is 4.74 Å². The van der Waals surface area contributed by atoms with Gasteiger partial charge >= 0.3 is 6.09 Å². The van der Waals surface area contributed by atoms with Gasteiger partial charge in [0.25, 0.3) is 0 Å². The van der Waals surface area contributed by atoms with Gasteiger partial charge in [0.2, 0.25) is 0 Å². The van der Waals surface area contributed by atoms with Crippen molar-refractivity contribution >= 4 is 35.3 Å². The molecule has 0 saturated heterocycles. The molecule has 6 heteroatoms. The van der Waals surface area contributed by atoms with Crippen molar-refractivity contribution in [3.05, 3.63) is 76.7 Å². The number of amides is 1. The Morgan fingerprint density at radius 3 is 2.78 bits per heavy atom. The second kappa shape index (κ2) is 9.06. The van der Waals surface area contributed by atoms with Crippen molar-refractivity contribution in [2.75, 3.05) is 25.1 Å². The minimum Gasteiger partial charge on any atom is -0.448 e. The van der Waals surface area contributed by atoms with Gasteiger partial charge in [-0.3, -0.25) is 0 Å². The van der Waals surface area contributed by atoms with Crippen LogP contribution in [0.4, 0.5) is 10.5 Å². The Labute approximate surface area is 168 Å². The molecule has 2 aromatic rings. The number of thioether (sulfide) groups is 2. The maximum absolute atomic E-state index is 11.3. The van der Waals surface area contributed by atoms with Crippen LogP contribution in [0.2, 0.25) is 0 Å². The zero-order valence-corrected chi connectivity index (χ0v) is 17.0. The van der Waals surface area contributed by atoms with E-state index in [0.29, 0.717) is 13.2 Å². The highest BCUT2D eigenvalue weighted by Crippen LogP contribution is 2.46. The summed E-state index contributed by atoms with van der Waals surface area (Å²) >= 11 is 3.37. The second-order valence-corrected chi connectivity index (χ2v) is 8.15. The first-order valence-corrected chi connectivity index (χ1v) is 10.2. The van der Waals surface area contributed by atoms with Gasteiger partial charge in [-0.2, -0.15) is 0 Å². The number of fused-ring (bicyclic) bond motifs is 1. The van der Waals surface area contributed by atoms with Gasteiger partial charge in [0.05, 0.1) is 17.3 Å². The van der Waals surface area contributed by atoms with Gasteiger partial charge < -0.3 is 15.0 Å². The molecule has 1 amide bonds. The quantitative estimate of drug-likeness (QED) is 0.659. The van der Waals surface area contributed by atoms with Gasteiger partial charge in [-0.05, 0) is 36.8 Å². The molecule has 0 saturated carbocycles. The third-order valence-electron chi connectivity index (χ3n) is 4.01. The van der Waals surface area contributed by atoms with E-state index in [4.69, 9.17) is 4.74 Å². The van der Waals surface area contributed by atoms with Crippen molar-refractivity contribution in [1.82, 2.24) is 5.32 Å². The van der Waals surface area contributed by atoms with Crippen LogP contribution in [0, 0.1) is 6.92 Å². The monoisotopic (exact) mass is 398 g/mol. The van der Waals surface area contributed by atoms with Crippen LogP contribution >= 0.6 is 23.5 Å². The summed E-state index contributed by atoms with van der Waals surface area (Å²) in [4.78, 5) is 16.9. The number of carbonyl (C=O) groups is 1. The molecule has 0 unspecified atom stereocenters. The van der Waals surface area contributed by atoms with Gasteiger partial charge in [-0.1, -0.05) is 60.4 Å². The molecule has 0 fully saturated rings. The Hall–Kier alpha value is -2.31. The van der Waals surface area contributed by atoms with E-state index in [1.165, 1.54) is 15.4 Å². The van der Waals surface area contributed by atoms with Crippen molar-refractivity contribution in [3.8, 4) is 0 Å². The molecule has 1 heterocycles. The molecule has 3 rings (SSSR count). The van der Waals surface area contributed by atoms with Crippen molar-refractivity contribution < 1.29 is 9.53 Å². The highest BCUT2D eigenvalue weighted by Gasteiger charge is 2.25. The minimum absolute atomic E-state index is 0.309. The van der Waals surface area contributed by atoms with Crippen LogP contribution < -0.4 is 10.2 Å². The summed E-state index contributed by atoms with van der Waals surface area (Å²) in [5.41, 5.74) is 2.36. The number of aryl methyl sites for hydroxylation is 1. The van der Waals surface area contributed by atoms with E-state index in [0.717, 1.165) is 15.6 Å². The van der Waals surface area contributed by atoms with Crippen molar-refractivity contribution in [1.29, 1.82) is 0 Å².